The third-order valence-corrected chi connectivity index (χ3v) is 3.71. The van der Waals surface area contributed by atoms with Crippen molar-refractivity contribution in [2.24, 2.45) is 0 Å². The first-order valence-electron chi connectivity index (χ1n) is 7.89. The Morgan fingerprint density at radius 1 is 0.917 bits per heavy atom. The summed E-state index contributed by atoms with van der Waals surface area (Å²) in [4.78, 5) is 35.1. The van der Waals surface area contributed by atoms with Crippen LogP contribution in [0, 0.1) is 11.8 Å². The molecule has 0 aromatic heterocycles. The van der Waals surface area contributed by atoms with Crippen molar-refractivity contribution < 1.29 is 28.6 Å². The fourth-order valence-corrected chi connectivity index (χ4v) is 2.05. The summed E-state index contributed by atoms with van der Waals surface area (Å²) in [5.74, 6) is 3.37. The summed E-state index contributed by atoms with van der Waals surface area (Å²) < 4.78 is 14.4. The van der Waals surface area contributed by atoms with Crippen molar-refractivity contribution in [2.75, 3.05) is 19.8 Å². The molecule has 24 heavy (non-hydrogen) atoms. The van der Waals surface area contributed by atoms with Gasteiger partial charge in [0.05, 0.1) is 21.3 Å². The minimum Gasteiger partial charge on any atom is -0.462 e. The van der Waals surface area contributed by atoms with Crippen molar-refractivity contribution in [3.05, 3.63) is 11.6 Å². The van der Waals surface area contributed by atoms with Gasteiger partial charge in [0.25, 0.3) is 0 Å². The molecule has 0 N–H and O–H groups in total. The first-order chi connectivity index (χ1) is 11.2. The maximum Gasteiger partial charge on any atom is 0.345 e. The molecule has 6 nitrogen and oxygen atoms in total. The molecule has 0 aromatic rings. The standard InChI is InChI=1S/C17H26O6Si/c1-6-21-16(19)14(17(20)22-7-2)13-15(18)23-11-9-8-10-12-24(3,4)5/h13H,6-7,9,11-12H2,1-5H3. The smallest absolute Gasteiger partial charge is 0.345 e. The second-order valence-corrected chi connectivity index (χ2v) is 11.5. The van der Waals surface area contributed by atoms with Crippen LogP contribution >= 0.6 is 0 Å². The van der Waals surface area contributed by atoms with Crippen LogP contribution in [-0.2, 0) is 28.6 Å². The number of ether oxygens (including phenoxy) is 3. The van der Waals surface area contributed by atoms with Crippen LogP contribution in [0.15, 0.2) is 11.6 Å². The zero-order valence-corrected chi connectivity index (χ0v) is 16.1. The van der Waals surface area contributed by atoms with E-state index in [0.717, 1.165) is 12.1 Å². The van der Waals surface area contributed by atoms with Crippen molar-refractivity contribution in [3.8, 4) is 11.8 Å². The summed E-state index contributed by atoms with van der Waals surface area (Å²) in [6.07, 6.45) is 1.20. The molecule has 134 valence electrons. The summed E-state index contributed by atoms with van der Waals surface area (Å²) in [7, 11) is -1.20. The van der Waals surface area contributed by atoms with Crippen molar-refractivity contribution in [3.63, 3.8) is 0 Å². The topological polar surface area (TPSA) is 78.9 Å². The Balaban J connectivity index is 4.60. The highest BCUT2D eigenvalue weighted by Gasteiger charge is 2.22. The lowest BCUT2D eigenvalue weighted by molar-refractivity contribution is -0.148. The molecule has 0 bridgehead atoms. The number of rotatable bonds is 8. The maximum atomic E-state index is 11.7. The van der Waals surface area contributed by atoms with E-state index in [4.69, 9.17) is 14.2 Å². The van der Waals surface area contributed by atoms with Gasteiger partial charge in [0.15, 0.2) is 5.57 Å². The van der Waals surface area contributed by atoms with E-state index in [9.17, 15) is 14.4 Å². The van der Waals surface area contributed by atoms with E-state index in [-0.39, 0.29) is 19.8 Å². The predicted molar refractivity (Wildman–Crippen MR) is 92.9 cm³/mol. The van der Waals surface area contributed by atoms with E-state index in [1.165, 1.54) is 0 Å². The second-order valence-electron chi connectivity index (χ2n) is 6.01. The minimum absolute atomic E-state index is 0.0807. The van der Waals surface area contributed by atoms with Gasteiger partial charge in [0, 0.05) is 18.5 Å². The highest BCUT2D eigenvalue weighted by molar-refractivity contribution is 6.76. The fraction of sp³-hybridized carbons (Fsp3) is 0.588. The normalized spacial score (nSPS) is 10.0. The molecule has 0 amide bonds. The average molecular weight is 354 g/mol. The molecule has 0 saturated carbocycles. The zero-order valence-electron chi connectivity index (χ0n) is 15.1. The SMILES string of the molecule is CCOC(=O)C(=CC(=O)OCCC#CC[Si](C)(C)C)C(=O)OCC. The van der Waals surface area contributed by atoms with Gasteiger partial charge in [0.2, 0.25) is 0 Å². The number of esters is 3. The molecule has 7 heteroatoms. The van der Waals surface area contributed by atoms with Gasteiger partial charge < -0.3 is 14.2 Å². The van der Waals surface area contributed by atoms with Gasteiger partial charge in [-0.3, -0.25) is 0 Å². The molecular formula is C17H26O6Si. The predicted octanol–water partition coefficient (Wildman–Crippen LogP) is 2.31. The maximum absolute atomic E-state index is 11.7. The molecule has 0 atom stereocenters. The summed E-state index contributed by atoms with van der Waals surface area (Å²) in [6, 6.07) is 0.886. The monoisotopic (exact) mass is 354 g/mol. The Kier molecular flexibility index (Phi) is 10.5. The van der Waals surface area contributed by atoms with E-state index in [1.807, 2.05) is 0 Å². The number of carbonyl (C=O) groups is 3. The van der Waals surface area contributed by atoms with E-state index in [1.54, 1.807) is 13.8 Å². The first kappa shape index (κ1) is 21.9. The molecule has 0 saturated heterocycles. The summed E-state index contributed by atoms with van der Waals surface area (Å²) >= 11 is 0. The van der Waals surface area contributed by atoms with Gasteiger partial charge in [-0.1, -0.05) is 19.6 Å². The first-order valence-corrected chi connectivity index (χ1v) is 11.6. The molecule has 0 aliphatic rings. The third-order valence-electron chi connectivity index (χ3n) is 2.47. The Morgan fingerprint density at radius 2 is 1.46 bits per heavy atom. The van der Waals surface area contributed by atoms with Crippen LogP contribution in [-0.4, -0.2) is 45.8 Å². The van der Waals surface area contributed by atoms with Crippen molar-refractivity contribution >= 4 is 26.0 Å². The van der Waals surface area contributed by atoms with E-state index in [0.29, 0.717) is 6.42 Å². The molecule has 0 aliphatic carbocycles. The summed E-state index contributed by atoms with van der Waals surface area (Å²) in [5.41, 5.74) is -0.478. The quantitative estimate of drug-likeness (QED) is 0.0973. The molecule has 0 fully saturated rings. The van der Waals surface area contributed by atoms with Gasteiger partial charge in [0.1, 0.15) is 6.61 Å². The highest BCUT2D eigenvalue weighted by Crippen LogP contribution is 2.06. The lowest BCUT2D eigenvalue weighted by Crippen LogP contribution is -2.20. The Hall–Kier alpha value is -2.07. The summed E-state index contributed by atoms with van der Waals surface area (Å²) in [5, 5.41) is 0. The van der Waals surface area contributed by atoms with Crippen LogP contribution in [0.25, 0.3) is 0 Å². The molecular weight excluding hydrogens is 328 g/mol. The number of carbonyl (C=O) groups excluding carboxylic acids is 3. The van der Waals surface area contributed by atoms with Gasteiger partial charge in [-0.05, 0) is 13.8 Å². The molecule has 0 radical (unpaired) electrons. The zero-order chi connectivity index (χ0) is 18.6. The van der Waals surface area contributed by atoms with Crippen LogP contribution in [0.1, 0.15) is 20.3 Å². The van der Waals surface area contributed by atoms with E-state index >= 15 is 0 Å². The van der Waals surface area contributed by atoms with Gasteiger partial charge in [-0.15, -0.1) is 11.8 Å². The third kappa shape index (κ3) is 10.6. The van der Waals surface area contributed by atoms with Crippen LogP contribution in [0.3, 0.4) is 0 Å². The van der Waals surface area contributed by atoms with Gasteiger partial charge >= 0.3 is 17.9 Å². The van der Waals surface area contributed by atoms with Gasteiger partial charge in [-0.2, -0.15) is 0 Å². The molecule has 0 spiro atoms. The Bertz CT molecular complexity index is 514. The lowest BCUT2D eigenvalue weighted by atomic mass is 10.2. The molecule has 0 unspecified atom stereocenters. The molecule has 0 aromatic carbocycles. The largest absolute Gasteiger partial charge is 0.462 e. The number of hydrogen-bond acceptors (Lipinski definition) is 6. The van der Waals surface area contributed by atoms with E-state index in [2.05, 4.69) is 31.5 Å². The van der Waals surface area contributed by atoms with Crippen LogP contribution in [0.2, 0.25) is 25.7 Å². The van der Waals surface area contributed by atoms with Crippen LogP contribution in [0.5, 0.6) is 0 Å². The van der Waals surface area contributed by atoms with Gasteiger partial charge in [-0.25, -0.2) is 14.4 Å². The Morgan fingerprint density at radius 3 is 1.92 bits per heavy atom. The lowest BCUT2D eigenvalue weighted by Gasteiger charge is -2.09. The number of hydrogen-bond donors (Lipinski definition) is 0. The molecule has 0 aliphatic heterocycles. The van der Waals surface area contributed by atoms with Crippen LogP contribution in [0.4, 0.5) is 0 Å². The van der Waals surface area contributed by atoms with Crippen LogP contribution < -0.4 is 0 Å². The van der Waals surface area contributed by atoms with Crippen molar-refractivity contribution in [2.45, 2.75) is 46.0 Å². The minimum atomic E-state index is -1.20. The fourth-order valence-electron chi connectivity index (χ4n) is 1.40. The van der Waals surface area contributed by atoms with Crippen molar-refractivity contribution in [1.29, 1.82) is 0 Å². The average Bonchev–Trinajstić information content (AvgIpc) is 2.47. The van der Waals surface area contributed by atoms with Crippen molar-refractivity contribution in [1.82, 2.24) is 0 Å². The highest BCUT2D eigenvalue weighted by atomic mass is 28.3. The Labute approximate surface area is 144 Å². The molecule has 0 rings (SSSR count). The molecule has 0 heterocycles. The summed E-state index contributed by atoms with van der Waals surface area (Å²) in [6.45, 7) is 10.1. The van der Waals surface area contributed by atoms with E-state index < -0.39 is 31.6 Å². The second kappa shape index (κ2) is 11.5.